The van der Waals surface area contributed by atoms with Gasteiger partial charge in [0.15, 0.2) is 12.4 Å². The monoisotopic (exact) mass is 327 g/mol. The average molecular weight is 327 g/mol. The molecule has 0 aliphatic carbocycles. The lowest BCUT2D eigenvalue weighted by molar-refractivity contribution is -0.122. The molecular formula is C19H21NO4. The van der Waals surface area contributed by atoms with Crippen LogP contribution in [0.5, 0.6) is 11.5 Å². The number of rotatable bonds is 8. The third-order valence-electron chi connectivity index (χ3n) is 3.30. The largest absolute Gasteiger partial charge is 0.493 e. The van der Waals surface area contributed by atoms with Crippen LogP contribution in [0.2, 0.25) is 0 Å². The van der Waals surface area contributed by atoms with Gasteiger partial charge >= 0.3 is 0 Å². The van der Waals surface area contributed by atoms with Crippen molar-refractivity contribution < 1.29 is 19.1 Å². The fraction of sp³-hybridized carbons (Fsp3) is 0.263. The summed E-state index contributed by atoms with van der Waals surface area (Å²) in [5, 5.41) is 2.76. The van der Waals surface area contributed by atoms with Crippen molar-refractivity contribution in [2.75, 3.05) is 11.9 Å². The van der Waals surface area contributed by atoms with Gasteiger partial charge in [-0.05, 0) is 37.6 Å². The van der Waals surface area contributed by atoms with Crippen molar-refractivity contribution >= 4 is 17.9 Å². The van der Waals surface area contributed by atoms with Crippen LogP contribution in [0.15, 0.2) is 48.5 Å². The van der Waals surface area contributed by atoms with Crippen LogP contribution < -0.4 is 14.8 Å². The van der Waals surface area contributed by atoms with Gasteiger partial charge in [-0.25, -0.2) is 0 Å². The summed E-state index contributed by atoms with van der Waals surface area (Å²) in [7, 11) is 0. The first-order valence-corrected chi connectivity index (χ1v) is 7.88. The second kappa shape index (κ2) is 8.72. The van der Waals surface area contributed by atoms with E-state index in [4.69, 9.17) is 9.47 Å². The number of carbonyl (C=O) groups is 2. The molecule has 0 radical (unpaired) electrons. The fourth-order valence-corrected chi connectivity index (χ4v) is 2.03. The van der Waals surface area contributed by atoms with E-state index in [2.05, 4.69) is 5.32 Å². The van der Waals surface area contributed by atoms with E-state index in [-0.39, 0.29) is 5.91 Å². The SMILES string of the molecule is CCCOc1ccc(C=O)c(O[C@@H](C)C(=O)Nc2ccccc2)c1. The Labute approximate surface area is 141 Å². The van der Waals surface area contributed by atoms with Gasteiger partial charge in [0.1, 0.15) is 11.5 Å². The molecule has 0 fully saturated rings. The third-order valence-corrected chi connectivity index (χ3v) is 3.30. The van der Waals surface area contributed by atoms with Crippen molar-refractivity contribution in [2.45, 2.75) is 26.4 Å². The Kier molecular flexibility index (Phi) is 6.37. The smallest absolute Gasteiger partial charge is 0.265 e. The van der Waals surface area contributed by atoms with E-state index in [0.29, 0.717) is 35.6 Å². The number of ether oxygens (including phenoxy) is 2. The molecule has 1 amide bonds. The summed E-state index contributed by atoms with van der Waals surface area (Å²) in [5.74, 6) is 0.639. The maximum Gasteiger partial charge on any atom is 0.265 e. The topological polar surface area (TPSA) is 64.6 Å². The highest BCUT2D eigenvalue weighted by Crippen LogP contribution is 2.25. The van der Waals surface area contributed by atoms with Crippen LogP contribution in [0, 0.1) is 0 Å². The lowest BCUT2D eigenvalue weighted by atomic mass is 10.2. The summed E-state index contributed by atoms with van der Waals surface area (Å²) in [4.78, 5) is 23.4. The Balaban J connectivity index is 2.07. The molecule has 0 unspecified atom stereocenters. The van der Waals surface area contributed by atoms with Gasteiger partial charge in [0, 0.05) is 11.8 Å². The number of aldehydes is 1. The summed E-state index contributed by atoms with van der Waals surface area (Å²) in [6.45, 7) is 4.21. The number of carbonyl (C=O) groups excluding carboxylic acids is 2. The predicted octanol–water partition coefficient (Wildman–Crippen LogP) is 3.69. The van der Waals surface area contributed by atoms with E-state index in [1.54, 1.807) is 37.3 Å². The van der Waals surface area contributed by atoms with Crippen LogP contribution in [-0.4, -0.2) is 24.9 Å². The second-order valence-electron chi connectivity index (χ2n) is 5.28. The molecule has 2 rings (SSSR count). The molecule has 0 aliphatic heterocycles. The molecule has 126 valence electrons. The van der Waals surface area contributed by atoms with Crippen molar-refractivity contribution in [3.05, 3.63) is 54.1 Å². The number of amides is 1. The van der Waals surface area contributed by atoms with Gasteiger partial charge in [0.2, 0.25) is 0 Å². The number of anilines is 1. The summed E-state index contributed by atoms with van der Waals surface area (Å²) in [6, 6.07) is 14.1. The zero-order valence-electron chi connectivity index (χ0n) is 13.8. The molecule has 2 aromatic rings. The van der Waals surface area contributed by atoms with Gasteiger partial charge in [-0.2, -0.15) is 0 Å². The Hall–Kier alpha value is -2.82. The molecular weight excluding hydrogens is 306 g/mol. The first-order chi connectivity index (χ1) is 11.6. The maximum absolute atomic E-state index is 12.2. The molecule has 0 aliphatic rings. The van der Waals surface area contributed by atoms with Crippen molar-refractivity contribution in [3.8, 4) is 11.5 Å². The van der Waals surface area contributed by atoms with Crippen molar-refractivity contribution in [2.24, 2.45) is 0 Å². The lowest BCUT2D eigenvalue weighted by Crippen LogP contribution is -2.30. The number of benzene rings is 2. The minimum absolute atomic E-state index is 0.294. The summed E-state index contributed by atoms with van der Waals surface area (Å²) >= 11 is 0. The molecule has 2 aromatic carbocycles. The quantitative estimate of drug-likeness (QED) is 0.751. The highest BCUT2D eigenvalue weighted by atomic mass is 16.5. The molecule has 5 heteroatoms. The molecule has 0 saturated heterocycles. The van der Waals surface area contributed by atoms with Gasteiger partial charge < -0.3 is 14.8 Å². The highest BCUT2D eigenvalue weighted by Gasteiger charge is 2.17. The average Bonchev–Trinajstić information content (AvgIpc) is 2.61. The maximum atomic E-state index is 12.2. The summed E-state index contributed by atoms with van der Waals surface area (Å²) in [6.07, 6.45) is 0.813. The molecule has 0 aromatic heterocycles. The van der Waals surface area contributed by atoms with Crippen molar-refractivity contribution in [1.29, 1.82) is 0 Å². The van der Waals surface area contributed by atoms with Gasteiger partial charge in [-0.3, -0.25) is 9.59 Å². The van der Waals surface area contributed by atoms with Gasteiger partial charge in [0.05, 0.1) is 12.2 Å². The van der Waals surface area contributed by atoms with Crippen molar-refractivity contribution in [1.82, 2.24) is 0 Å². The second-order valence-corrected chi connectivity index (χ2v) is 5.28. The van der Waals surface area contributed by atoms with E-state index in [1.807, 2.05) is 25.1 Å². The molecule has 1 atom stereocenters. The Bertz CT molecular complexity index is 685. The Morgan fingerprint density at radius 1 is 1.21 bits per heavy atom. The van der Waals surface area contributed by atoms with E-state index in [0.717, 1.165) is 6.42 Å². The zero-order valence-corrected chi connectivity index (χ0v) is 13.8. The van der Waals surface area contributed by atoms with Crippen LogP contribution in [-0.2, 0) is 4.79 Å². The van der Waals surface area contributed by atoms with Crippen molar-refractivity contribution in [3.63, 3.8) is 0 Å². The molecule has 0 heterocycles. The van der Waals surface area contributed by atoms with Gasteiger partial charge in [-0.15, -0.1) is 0 Å². The van der Waals surface area contributed by atoms with Crippen LogP contribution in [0.3, 0.4) is 0 Å². The van der Waals surface area contributed by atoms with E-state index in [9.17, 15) is 9.59 Å². The zero-order chi connectivity index (χ0) is 17.4. The van der Waals surface area contributed by atoms with Crippen LogP contribution in [0.1, 0.15) is 30.6 Å². The standard InChI is InChI=1S/C19H21NO4/c1-3-11-23-17-10-9-15(13-21)18(12-17)24-14(2)19(22)20-16-7-5-4-6-8-16/h4-10,12-14H,3,11H2,1-2H3,(H,20,22)/t14-/m0/s1. The summed E-state index contributed by atoms with van der Waals surface area (Å²) in [5.41, 5.74) is 1.06. The summed E-state index contributed by atoms with van der Waals surface area (Å²) < 4.78 is 11.2. The lowest BCUT2D eigenvalue weighted by Gasteiger charge is -2.17. The first kappa shape index (κ1) is 17.5. The number of para-hydroxylation sites is 1. The van der Waals surface area contributed by atoms with E-state index in [1.165, 1.54) is 0 Å². The fourth-order valence-electron chi connectivity index (χ4n) is 2.03. The van der Waals surface area contributed by atoms with Crippen LogP contribution in [0.25, 0.3) is 0 Å². The third kappa shape index (κ3) is 4.84. The number of hydrogen-bond acceptors (Lipinski definition) is 4. The van der Waals surface area contributed by atoms with Gasteiger partial charge in [0.25, 0.3) is 5.91 Å². The van der Waals surface area contributed by atoms with E-state index < -0.39 is 6.10 Å². The first-order valence-electron chi connectivity index (χ1n) is 7.88. The van der Waals surface area contributed by atoms with Gasteiger partial charge in [-0.1, -0.05) is 25.1 Å². The number of hydrogen-bond donors (Lipinski definition) is 1. The molecule has 0 spiro atoms. The van der Waals surface area contributed by atoms with Crippen LogP contribution in [0.4, 0.5) is 5.69 Å². The number of nitrogens with one attached hydrogen (secondary N) is 1. The van der Waals surface area contributed by atoms with E-state index >= 15 is 0 Å². The molecule has 5 nitrogen and oxygen atoms in total. The molecule has 1 N–H and O–H groups in total. The predicted molar refractivity (Wildman–Crippen MR) is 92.8 cm³/mol. The molecule has 24 heavy (non-hydrogen) atoms. The molecule has 0 saturated carbocycles. The Morgan fingerprint density at radius 2 is 1.96 bits per heavy atom. The highest BCUT2D eigenvalue weighted by molar-refractivity contribution is 5.94. The Morgan fingerprint density at radius 3 is 2.62 bits per heavy atom. The minimum Gasteiger partial charge on any atom is -0.493 e. The normalized spacial score (nSPS) is 11.4. The minimum atomic E-state index is -0.759. The molecule has 0 bridgehead atoms. The van der Waals surface area contributed by atoms with Crippen LogP contribution >= 0.6 is 0 Å².